The predicted octanol–water partition coefficient (Wildman–Crippen LogP) is 18.8. The van der Waals surface area contributed by atoms with E-state index in [4.69, 9.17) is 37.0 Å². The molecule has 6 atom stereocenters. The van der Waals surface area contributed by atoms with Gasteiger partial charge in [-0.1, -0.05) is 286 Å². The number of aliphatic hydroxyl groups is 1. The van der Waals surface area contributed by atoms with Crippen molar-refractivity contribution in [2.24, 2.45) is 11.8 Å². The Morgan fingerprint density at radius 1 is 0.337 bits per heavy atom. The molecular formula is C67H130O17P2. The fourth-order valence-electron chi connectivity index (χ4n) is 10.0. The van der Waals surface area contributed by atoms with E-state index in [1.165, 1.54) is 148 Å². The van der Waals surface area contributed by atoms with Gasteiger partial charge in [-0.05, 0) is 37.5 Å². The van der Waals surface area contributed by atoms with Crippen molar-refractivity contribution < 1.29 is 80.2 Å². The quantitative estimate of drug-likeness (QED) is 0.0222. The first kappa shape index (κ1) is 84.1. The number of hydrogen-bond acceptors (Lipinski definition) is 15. The minimum atomic E-state index is -4.95. The Kier molecular flexibility index (Phi) is 58.0. The zero-order valence-corrected chi connectivity index (χ0v) is 57.4. The Hall–Kier alpha value is -1.94. The number of carbonyl (C=O) groups excluding carboxylic acids is 4. The predicted molar refractivity (Wildman–Crippen MR) is 345 cm³/mol. The summed E-state index contributed by atoms with van der Waals surface area (Å²) in [4.78, 5) is 72.3. The van der Waals surface area contributed by atoms with E-state index in [1.54, 1.807) is 0 Å². The third-order valence-electron chi connectivity index (χ3n) is 15.8. The van der Waals surface area contributed by atoms with Crippen molar-refractivity contribution in [3.63, 3.8) is 0 Å². The normalized spacial score (nSPS) is 14.5. The molecule has 0 saturated carbocycles. The van der Waals surface area contributed by atoms with Crippen molar-refractivity contribution in [1.82, 2.24) is 0 Å². The van der Waals surface area contributed by atoms with E-state index >= 15 is 0 Å². The van der Waals surface area contributed by atoms with E-state index in [9.17, 15) is 43.2 Å². The van der Waals surface area contributed by atoms with E-state index in [1.807, 2.05) is 0 Å². The lowest BCUT2D eigenvalue weighted by Crippen LogP contribution is -2.30. The lowest BCUT2D eigenvalue weighted by atomic mass is 9.99. The molecule has 19 heteroatoms. The van der Waals surface area contributed by atoms with Gasteiger partial charge in [0.05, 0.1) is 26.4 Å². The molecule has 0 bridgehead atoms. The van der Waals surface area contributed by atoms with Crippen molar-refractivity contribution in [2.75, 3.05) is 39.6 Å². The summed E-state index contributed by atoms with van der Waals surface area (Å²) < 4.78 is 68.1. The molecule has 510 valence electrons. The van der Waals surface area contributed by atoms with Crippen LogP contribution >= 0.6 is 15.6 Å². The van der Waals surface area contributed by atoms with E-state index in [-0.39, 0.29) is 25.7 Å². The van der Waals surface area contributed by atoms with Crippen LogP contribution in [0.1, 0.15) is 337 Å². The molecule has 0 aliphatic rings. The van der Waals surface area contributed by atoms with Crippen LogP contribution in [-0.4, -0.2) is 96.7 Å². The van der Waals surface area contributed by atoms with Gasteiger partial charge in [-0.15, -0.1) is 0 Å². The van der Waals surface area contributed by atoms with Crippen LogP contribution in [0.5, 0.6) is 0 Å². The number of esters is 4. The van der Waals surface area contributed by atoms with Gasteiger partial charge in [0, 0.05) is 25.7 Å². The summed E-state index contributed by atoms with van der Waals surface area (Å²) in [6.07, 6.45) is 42.9. The van der Waals surface area contributed by atoms with Crippen molar-refractivity contribution in [3.05, 3.63) is 0 Å². The first-order valence-corrected chi connectivity index (χ1v) is 38.0. The van der Waals surface area contributed by atoms with Crippen LogP contribution in [0.15, 0.2) is 0 Å². The standard InChI is InChI=1S/C67H130O17P2/c1-7-10-12-14-16-18-21-25-33-39-45-51-66(71)83-62(55-77-64(69)49-43-37-31-17-15-13-11-8-2)57-81-85(73,74)79-53-61(68)54-80-86(75,76)82-58-63(56-78-65(70)50-44-38-32-28-27-30-36-42-48-60(6)9-3)84-67(72)52-46-40-34-26-23-20-19-22-24-29-35-41-47-59(4)5/h59-63,68H,7-58H2,1-6H3,(H,73,74)(H,75,76)/t60?,61-,62+,63+/m0/s1. The van der Waals surface area contributed by atoms with Gasteiger partial charge >= 0.3 is 39.5 Å². The minimum Gasteiger partial charge on any atom is -0.462 e. The monoisotopic (exact) mass is 1270 g/mol. The maximum atomic E-state index is 13.0. The number of unbranched alkanes of at least 4 members (excludes halogenated alkanes) is 35. The summed E-state index contributed by atoms with van der Waals surface area (Å²) in [5.41, 5.74) is 0. The molecule has 0 radical (unpaired) electrons. The van der Waals surface area contributed by atoms with E-state index in [0.717, 1.165) is 108 Å². The van der Waals surface area contributed by atoms with E-state index in [2.05, 4.69) is 41.5 Å². The Morgan fingerprint density at radius 3 is 0.884 bits per heavy atom. The molecule has 0 aromatic carbocycles. The molecule has 86 heavy (non-hydrogen) atoms. The highest BCUT2D eigenvalue weighted by molar-refractivity contribution is 7.47. The molecule has 0 aromatic rings. The van der Waals surface area contributed by atoms with Crippen LogP contribution in [0.2, 0.25) is 0 Å². The lowest BCUT2D eigenvalue weighted by Gasteiger charge is -2.21. The van der Waals surface area contributed by atoms with E-state index in [0.29, 0.717) is 25.7 Å². The maximum absolute atomic E-state index is 13.0. The number of hydrogen-bond donors (Lipinski definition) is 3. The smallest absolute Gasteiger partial charge is 0.462 e. The number of aliphatic hydroxyl groups excluding tert-OH is 1. The van der Waals surface area contributed by atoms with Crippen molar-refractivity contribution in [2.45, 2.75) is 355 Å². The van der Waals surface area contributed by atoms with Gasteiger partial charge in [-0.25, -0.2) is 9.13 Å². The Bertz CT molecular complexity index is 1690. The summed E-state index contributed by atoms with van der Waals surface area (Å²) in [6.45, 7) is 9.51. The molecule has 0 fully saturated rings. The van der Waals surface area contributed by atoms with Crippen LogP contribution in [0.3, 0.4) is 0 Å². The summed E-state index contributed by atoms with van der Waals surface area (Å²) in [5.74, 6) is -0.576. The largest absolute Gasteiger partial charge is 0.472 e. The molecule has 0 spiro atoms. The van der Waals surface area contributed by atoms with Crippen LogP contribution < -0.4 is 0 Å². The first-order valence-electron chi connectivity index (χ1n) is 35.0. The van der Waals surface area contributed by atoms with Crippen LogP contribution in [0.25, 0.3) is 0 Å². The molecule has 0 aliphatic heterocycles. The number of phosphoric acid groups is 2. The van der Waals surface area contributed by atoms with Crippen LogP contribution in [-0.2, 0) is 65.4 Å². The van der Waals surface area contributed by atoms with Crippen LogP contribution in [0.4, 0.5) is 0 Å². The molecule has 0 amide bonds. The Morgan fingerprint density at radius 2 is 0.593 bits per heavy atom. The van der Waals surface area contributed by atoms with Gasteiger partial charge in [0.1, 0.15) is 19.3 Å². The van der Waals surface area contributed by atoms with Crippen molar-refractivity contribution in [1.29, 1.82) is 0 Å². The summed E-state index contributed by atoms with van der Waals surface area (Å²) >= 11 is 0. The SMILES string of the molecule is CCCCCCCCCCCCCC(=O)O[C@H](COC(=O)CCCCCCCCCC)COP(=O)(O)OC[C@H](O)COP(=O)(O)OC[C@@H](COC(=O)CCCCCCCCCCC(C)CC)OC(=O)CCCCCCCCCCCCCCC(C)C. The average Bonchev–Trinajstić information content (AvgIpc) is 3.70. The third kappa shape index (κ3) is 59.7. The van der Waals surface area contributed by atoms with E-state index < -0.39 is 97.5 Å². The topological polar surface area (TPSA) is 237 Å². The molecule has 0 rings (SSSR count). The average molecular weight is 1270 g/mol. The summed E-state index contributed by atoms with van der Waals surface area (Å²) in [5, 5.41) is 10.6. The molecule has 3 unspecified atom stereocenters. The highest BCUT2D eigenvalue weighted by Gasteiger charge is 2.30. The molecule has 3 N–H and O–H groups in total. The van der Waals surface area contributed by atoms with Gasteiger partial charge in [-0.3, -0.25) is 37.3 Å². The number of ether oxygens (including phenoxy) is 4. The number of rotatable bonds is 66. The van der Waals surface area contributed by atoms with Crippen molar-refractivity contribution >= 4 is 39.5 Å². The number of phosphoric ester groups is 2. The fourth-order valence-corrected chi connectivity index (χ4v) is 11.6. The van der Waals surface area contributed by atoms with Gasteiger partial charge in [-0.2, -0.15) is 0 Å². The molecule has 0 heterocycles. The summed E-state index contributed by atoms with van der Waals surface area (Å²) in [7, 11) is -9.89. The molecular weight excluding hydrogens is 1140 g/mol. The highest BCUT2D eigenvalue weighted by atomic mass is 31.2. The molecule has 0 aromatic heterocycles. The van der Waals surface area contributed by atoms with Gasteiger partial charge in [0.15, 0.2) is 12.2 Å². The Labute approximate surface area is 524 Å². The zero-order chi connectivity index (χ0) is 63.6. The summed E-state index contributed by atoms with van der Waals surface area (Å²) in [6, 6.07) is 0. The molecule has 17 nitrogen and oxygen atoms in total. The van der Waals surface area contributed by atoms with Gasteiger partial charge in [0.25, 0.3) is 0 Å². The highest BCUT2D eigenvalue weighted by Crippen LogP contribution is 2.45. The zero-order valence-electron chi connectivity index (χ0n) is 55.6. The molecule has 0 aliphatic carbocycles. The second kappa shape index (κ2) is 59.4. The lowest BCUT2D eigenvalue weighted by molar-refractivity contribution is -0.161. The first-order chi connectivity index (χ1) is 41.4. The Balaban J connectivity index is 5.23. The third-order valence-corrected chi connectivity index (χ3v) is 17.7. The minimum absolute atomic E-state index is 0.106. The van der Waals surface area contributed by atoms with Gasteiger partial charge in [0.2, 0.25) is 0 Å². The van der Waals surface area contributed by atoms with Crippen LogP contribution in [0, 0.1) is 11.8 Å². The van der Waals surface area contributed by atoms with Gasteiger partial charge < -0.3 is 33.8 Å². The van der Waals surface area contributed by atoms with Crippen molar-refractivity contribution in [3.8, 4) is 0 Å². The fraction of sp³-hybridized carbons (Fsp3) is 0.940. The number of carbonyl (C=O) groups is 4. The second-order valence-electron chi connectivity index (χ2n) is 24.9. The molecule has 0 saturated heterocycles. The maximum Gasteiger partial charge on any atom is 0.472 e. The second-order valence-corrected chi connectivity index (χ2v) is 27.8.